The van der Waals surface area contributed by atoms with E-state index >= 15 is 0 Å². The molecule has 206 valence electrons. The summed E-state index contributed by atoms with van der Waals surface area (Å²) in [6.45, 7) is 10.7. The van der Waals surface area contributed by atoms with Crippen LogP contribution in [0.4, 0.5) is 0 Å². The predicted molar refractivity (Wildman–Crippen MR) is 137 cm³/mol. The Bertz CT molecular complexity index is 814. The second-order valence-corrected chi connectivity index (χ2v) is 11.1. The van der Waals surface area contributed by atoms with E-state index in [-0.39, 0.29) is 43.3 Å². The normalized spacial score (nSPS) is 38.0. The van der Waals surface area contributed by atoms with Crippen molar-refractivity contribution < 1.29 is 39.8 Å². The number of esters is 1. The molecule has 0 radical (unpaired) electrons. The van der Waals surface area contributed by atoms with Gasteiger partial charge in [0.15, 0.2) is 0 Å². The highest BCUT2D eigenvalue weighted by atomic mass is 16.6. The number of rotatable bonds is 8. The van der Waals surface area contributed by atoms with Crippen molar-refractivity contribution in [2.75, 3.05) is 0 Å². The molecule has 0 saturated carbocycles. The maximum absolute atomic E-state index is 12.5. The Labute approximate surface area is 215 Å². The van der Waals surface area contributed by atoms with E-state index in [0.717, 1.165) is 5.57 Å². The smallest absolute Gasteiger partial charge is 0.309 e. The fourth-order valence-electron chi connectivity index (χ4n) is 4.67. The summed E-state index contributed by atoms with van der Waals surface area (Å²) in [5.74, 6) is -0.634. The van der Waals surface area contributed by atoms with Crippen molar-refractivity contribution in [3.8, 4) is 0 Å². The zero-order chi connectivity index (χ0) is 27.3. The van der Waals surface area contributed by atoms with E-state index in [1.807, 2.05) is 45.9 Å². The van der Waals surface area contributed by atoms with Crippen molar-refractivity contribution in [1.82, 2.24) is 0 Å². The molecule has 0 aliphatic carbocycles. The molecule has 1 fully saturated rings. The minimum Gasteiger partial charge on any atom is -0.457 e. The third-order valence-electron chi connectivity index (χ3n) is 7.43. The van der Waals surface area contributed by atoms with Crippen molar-refractivity contribution in [1.29, 1.82) is 0 Å². The van der Waals surface area contributed by atoms with Gasteiger partial charge in [-0.15, -0.1) is 0 Å². The van der Waals surface area contributed by atoms with Gasteiger partial charge in [-0.1, -0.05) is 51.2 Å². The molecule has 10 atom stereocenters. The summed E-state index contributed by atoms with van der Waals surface area (Å²) in [5, 5.41) is 51.7. The quantitative estimate of drug-likeness (QED) is 0.145. The number of ether oxygens (including phenoxy) is 2. The van der Waals surface area contributed by atoms with E-state index in [0.29, 0.717) is 12.8 Å². The van der Waals surface area contributed by atoms with E-state index in [1.165, 1.54) is 13.0 Å². The average Bonchev–Trinajstić information content (AvgIpc) is 3.57. The van der Waals surface area contributed by atoms with Gasteiger partial charge >= 0.3 is 5.97 Å². The van der Waals surface area contributed by atoms with Gasteiger partial charge in [0.2, 0.25) is 0 Å². The third-order valence-corrected chi connectivity index (χ3v) is 7.43. The van der Waals surface area contributed by atoms with E-state index < -0.39 is 41.6 Å². The molecule has 2 aliphatic rings. The molecule has 2 rings (SSSR count). The molecule has 0 aromatic heterocycles. The van der Waals surface area contributed by atoms with Gasteiger partial charge < -0.3 is 35.0 Å². The van der Waals surface area contributed by atoms with Crippen LogP contribution < -0.4 is 0 Å². The molecule has 10 unspecified atom stereocenters. The summed E-state index contributed by atoms with van der Waals surface area (Å²) < 4.78 is 11.3. The van der Waals surface area contributed by atoms with Gasteiger partial charge in [-0.2, -0.15) is 0 Å². The molecule has 0 aromatic rings. The number of carbonyl (C=O) groups is 1. The van der Waals surface area contributed by atoms with Gasteiger partial charge in [0, 0.05) is 5.92 Å². The predicted octanol–water partition coefficient (Wildman–Crippen LogP) is 2.57. The standard InChI is InChI=1S/C28H46O8/c1-7-22(30)28(6,34)26-21(35-26)15-17(2)9-8-10-18(3)25-19(4)11-12-23(31)27(5,33)14-13-20(29)16-24(32)36-25/h8-12,17,19-23,25-26,29-31,33-34H,7,13-16H2,1-6H3. The van der Waals surface area contributed by atoms with Crippen LogP contribution in [0.25, 0.3) is 0 Å². The largest absolute Gasteiger partial charge is 0.457 e. The summed E-state index contributed by atoms with van der Waals surface area (Å²) in [6, 6.07) is 0. The van der Waals surface area contributed by atoms with E-state index in [4.69, 9.17) is 9.47 Å². The molecule has 8 heteroatoms. The minimum absolute atomic E-state index is 0.113. The first-order chi connectivity index (χ1) is 16.7. The van der Waals surface area contributed by atoms with Gasteiger partial charge in [-0.25, -0.2) is 0 Å². The van der Waals surface area contributed by atoms with Crippen LogP contribution >= 0.6 is 0 Å². The number of epoxide rings is 1. The minimum atomic E-state index is -1.41. The van der Waals surface area contributed by atoms with Crippen molar-refractivity contribution in [3.63, 3.8) is 0 Å². The first-order valence-corrected chi connectivity index (χ1v) is 13.1. The second-order valence-electron chi connectivity index (χ2n) is 11.1. The molecule has 2 aliphatic heterocycles. The lowest BCUT2D eigenvalue weighted by Gasteiger charge is -2.30. The number of carbonyl (C=O) groups excluding carboxylic acids is 1. The number of aliphatic hydroxyl groups is 5. The Hall–Kier alpha value is -1.55. The lowest BCUT2D eigenvalue weighted by molar-refractivity contribution is -0.151. The SMILES string of the molecule is CCC(O)C(C)(O)C1OC1CC(C)C=CC=C(C)C1OC(=O)CC(O)CCC(C)(O)C(O)C=CC1C. The first kappa shape index (κ1) is 30.7. The Kier molecular flexibility index (Phi) is 10.9. The molecular weight excluding hydrogens is 464 g/mol. The molecule has 0 bridgehead atoms. The van der Waals surface area contributed by atoms with Gasteiger partial charge in [0.05, 0.1) is 30.3 Å². The maximum Gasteiger partial charge on any atom is 0.309 e. The average molecular weight is 511 g/mol. The summed E-state index contributed by atoms with van der Waals surface area (Å²) in [5.41, 5.74) is -1.88. The van der Waals surface area contributed by atoms with E-state index in [2.05, 4.69) is 0 Å². The molecule has 0 spiro atoms. The lowest BCUT2D eigenvalue weighted by atomic mass is 9.89. The van der Waals surface area contributed by atoms with Crippen LogP contribution in [0.3, 0.4) is 0 Å². The zero-order valence-corrected chi connectivity index (χ0v) is 22.5. The molecular formula is C28H46O8. The Morgan fingerprint density at radius 3 is 2.64 bits per heavy atom. The first-order valence-electron chi connectivity index (χ1n) is 13.1. The highest BCUT2D eigenvalue weighted by molar-refractivity contribution is 5.70. The molecule has 8 nitrogen and oxygen atoms in total. The molecule has 36 heavy (non-hydrogen) atoms. The monoisotopic (exact) mass is 510 g/mol. The van der Waals surface area contributed by atoms with Crippen LogP contribution in [-0.2, 0) is 14.3 Å². The highest BCUT2D eigenvalue weighted by Gasteiger charge is 2.54. The second kappa shape index (κ2) is 12.8. The van der Waals surface area contributed by atoms with Crippen LogP contribution in [0.2, 0.25) is 0 Å². The van der Waals surface area contributed by atoms with Crippen LogP contribution in [0, 0.1) is 11.8 Å². The fourth-order valence-corrected chi connectivity index (χ4v) is 4.67. The summed E-state index contributed by atoms with van der Waals surface area (Å²) in [4.78, 5) is 12.5. The molecule has 5 N–H and O–H groups in total. The molecule has 2 heterocycles. The van der Waals surface area contributed by atoms with E-state index in [1.54, 1.807) is 13.0 Å². The molecule has 1 saturated heterocycles. The van der Waals surface area contributed by atoms with Gasteiger partial charge in [0.1, 0.15) is 23.9 Å². The molecule has 0 aromatic carbocycles. The maximum atomic E-state index is 12.5. The zero-order valence-electron chi connectivity index (χ0n) is 22.5. The molecule has 0 amide bonds. The van der Waals surface area contributed by atoms with Gasteiger partial charge in [0.25, 0.3) is 0 Å². The highest BCUT2D eigenvalue weighted by Crippen LogP contribution is 2.39. The Balaban J connectivity index is 2.06. The third kappa shape index (κ3) is 8.50. The van der Waals surface area contributed by atoms with E-state index in [9.17, 15) is 30.3 Å². The summed E-state index contributed by atoms with van der Waals surface area (Å²) >= 11 is 0. The Morgan fingerprint density at radius 2 is 2.00 bits per heavy atom. The number of cyclic esters (lactones) is 1. The van der Waals surface area contributed by atoms with Crippen molar-refractivity contribution in [2.24, 2.45) is 11.8 Å². The number of hydrogen-bond donors (Lipinski definition) is 5. The van der Waals surface area contributed by atoms with Crippen LogP contribution in [-0.4, -0.2) is 79.3 Å². The summed E-state index contributed by atoms with van der Waals surface area (Å²) in [6.07, 6.45) is 6.32. The van der Waals surface area contributed by atoms with Crippen molar-refractivity contribution in [3.05, 3.63) is 36.0 Å². The topological polar surface area (TPSA) is 140 Å². The number of allylic oxidation sites excluding steroid dienone is 3. The fraction of sp³-hybridized carbons (Fsp3) is 0.750. The van der Waals surface area contributed by atoms with Crippen molar-refractivity contribution in [2.45, 2.75) is 121 Å². The summed E-state index contributed by atoms with van der Waals surface area (Å²) in [7, 11) is 0. The Morgan fingerprint density at radius 1 is 1.33 bits per heavy atom. The van der Waals surface area contributed by atoms with Crippen LogP contribution in [0.1, 0.15) is 73.6 Å². The number of aliphatic hydroxyl groups excluding tert-OH is 3. The van der Waals surface area contributed by atoms with Crippen LogP contribution in [0.15, 0.2) is 36.0 Å². The number of hydrogen-bond acceptors (Lipinski definition) is 8. The van der Waals surface area contributed by atoms with Gasteiger partial charge in [-0.3, -0.25) is 4.79 Å². The van der Waals surface area contributed by atoms with Gasteiger partial charge in [-0.05, 0) is 57.9 Å². The lowest BCUT2D eigenvalue weighted by Crippen LogP contribution is -2.45. The van der Waals surface area contributed by atoms with Crippen LogP contribution in [0.5, 0.6) is 0 Å². The van der Waals surface area contributed by atoms with Crippen molar-refractivity contribution >= 4 is 5.97 Å².